The molecular weight excluding hydrogens is 376 g/mol. The third-order valence-electron chi connectivity index (χ3n) is 4.98. The van der Waals surface area contributed by atoms with Crippen LogP contribution in [0, 0.1) is 0 Å². The molecule has 0 radical (unpaired) electrons. The monoisotopic (exact) mass is 394 g/mol. The van der Waals surface area contributed by atoms with Crippen LogP contribution in [0.3, 0.4) is 0 Å². The number of carbonyl (C=O) groups excluding carboxylic acids is 1. The third kappa shape index (κ3) is 2.93. The van der Waals surface area contributed by atoms with E-state index in [0.29, 0.717) is 6.42 Å². The highest BCUT2D eigenvalue weighted by atomic mass is 32.1. The number of ether oxygens (including phenoxy) is 1. The maximum atomic E-state index is 11.5. The van der Waals surface area contributed by atoms with Crippen molar-refractivity contribution in [1.82, 2.24) is 25.5 Å². The Hall–Kier alpha value is -3.20. The van der Waals surface area contributed by atoms with E-state index in [-0.39, 0.29) is 12.2 Å². The molecule has 1 aliphatic rings. The van der Waals surface area contributed by atoms with Crippen molar-refractivity contribution in [3.8, 4) is 0 Å². The molecule has 1 unspecified atom stereocenters. The molecule has 0 aliphatic heterocycles. The van der Waals surface area contributed by atoms with E-state index in [0.717, 1.165) is 45.5 Å². The zero-order valence-corrected chi connectivity index (χ0v) is 16.0. The zero-order valence-electron chi connectivity index (χ0n) is 15.2. The van der Waals surface area contributed by atoms with Crippen LogP contribution in [0.2, 0.25) is 0 Å². The second-order valence-corrected chi connectivity index (χ2v) is 7.81. The fraction of sp³-hybridized carbons (Fsp3) is 0.263. The van der Waals surface area contributed by atoms with Crippen molar-refractivity contribution in [3.05, 3.63) is 41.2 Å². The van der Waals surface area contributed by atoms with E-state index in [1.807, 2.05) is 18.2 Å². The van der Waals surface area contributed by atoms with Crippen LogP contribution in [-0.2, 0) is 17.6 Å². The van der Waals surface area contributed by atoms with Gasteiger partial charge in [-0.1, -0.05) is 0 Å². The van der Waals surface area contributed by atoms with Gasteiger partial charge in [0.15, 0.2) is 0 Å². The number of nitrogens with zero attached hydrogens (tertiary/aromatic N) is 3. The first kappa shape index (κ1) is 16.9. The number of nitrogens with one attached hydrogen (secondary N) is 3. The number of alkyl carbamates (subject to hydrolysis) is 1. The van der Waals surface area contributed by atoms with Gasteiger partial charge in [-0.2, -0.15) is 5.10 Å². The summed E-state index contributed by atoms with van der Waals surface area (Å²) in [6.45, 7) is 0. The molecule has 1 atom stereocenters. The highest BCUT2D eigenvalue weighted by Crippen LogP contribution is 2.39. The van der Waals surface area contributed by atoms with Gasteiger partial charge < -0.3 is 15.4 Å². The standard InChI is InChI=1S/C19H18N6O2S/c1-20-19(26)27-12-3-4-13-15(7-12)28-18-16(13)17(21-9-22-18)24-11-2-5-14-10(6-11)8-23-25-14/h2,5-6,8-9,12H,3-4,7H2,1H3,(H,20,26)(H,23,25)(H,21,22,24). The van der Waals surface area contributed by atoms with Gasteiger partial charge in [0, 0.05) is 29.4 Å². The topological polar surface area (TPSA) is 105 Å². The van der Waals surface area contributed by atoms with Crippen LogP contribution in [0.4, 0.5) is 16.3 Å². The summed E-state index contributed by atoms with van der Waals surface area (Å²) in [5.41, 5.74) is 3.20. The van der Waals surface area contributed by atoms with E-state index in [1.54, 1.807) is 30.9 Å². The molecule has 1 aliphatic carbocycles. The number of H-pyrrole nitrogens is 1. The Morgan fingerprint density at radius 2 is 2.29 bits per heavy atom. The number of hydrogen-bond donors (Lipinski definition) is 3. The molecule has 3 heterocycles. The third-order valence-corrected chi connectivity index (χ3v) is 6.14. The molecule has 3 aromatic heterocycles. The van der Waals surface area contributed by atoms with Gasteiger partial charge in [-0.05, 0) is 36.6 Å². The van der Waals surface area contributed by atoms with E-state index < -0.39 is 0 Å². The lowest BCUT2D eigenvalue weighted by atomic mass is 9.94. The molecule has 28 heavy (non-hydrogen) atoms. The number of thiophene rings is 1. The lowest BCUT2D eigenvalue weighted by Crippen LogP contribution is -2.29. The van der Waals surface area contributed by atoms with Gasteiger partial charge in [0.25, 0.3) is 0 Å². The number of fused-ring (bicyclic) bond motifs is 4. The van der Waals surface area contributed by atoms with Gasteiger partial charge in [-0.3, -0.25) is 5.10 Å². The molecule has 9 heteroatoms. The van der Waals surface area contributed by atoms with Gasteiger partial charge in [0.1, 0.15) is 23.1 Å². The van der Waals surface area contributed by atoms with Crippen molar-refractivity contribution in [3.63, 3.8) is 0 Å². The summed E-state index contributed by atoms with van der Waals surface area (Å²) < 4.78 is 5.45. The second-order valence-electron chi connectivity index (χ2n) is 6.72. The Kier molecular flexibility index (Phi) is 4.09. The van der Waals surface area contributed by atoms with Crippen LogP contribution >= 0.6 is 11.3 Å². The Bertz CT molecular complexity index is 1180. The molecular formula is C19H18N6O2S. The van der Waals surface area contributed by atoms with Gasteiger partial charge in [-0.25, -0.2) is 14.8 Å². The summed E-state index contributed by atoms with van der Waals surface area (Å²) in [5, 5.41) is 15.1. The first-order valence-corrected chi connectivity index (χ1v) is 9.86. The molecule has 1 amide bonds. The number of aryl methyl sites for hydroxylation is 1. The van der Waals surface area contributed by atoms with Crippen LogP contribution in [0.15, 0.2) is 30.7 Å². The number of aromatic amines is 1. The van der Waals surface area contributed by atoms with Crippen molar-refractivity contribution >= 4 is 50.1 Å². The van der Waals surface area contributed by atoms with Crippen LogP contribution in [0.25, 0.3) is 21.1 Å². The van der Waals surface area contributed by atoms with Crippen molar-refractivity contribution in [1.29, 1.82) is 0 Å². The van der Waals surface area contributed by atoms with Gasteiger partial charge in [0.2, 0.25) is 0 Å². The van der Waals surface area contributed by atoms with Gasteiger partial charge in [0.05, 0.1) is 17.1 Å². The maximum Gasteiger partial charge on any atom is 0.407 e. The van der Waals surface area contributed by atoms with E-state index in [2.05, 4.69) is 30.8 Å². The normalized spacial score (nSPS) is 16.1. The number of carbonyl (C=O) groups is 1. The molecule has 8 nitrogen and oxygen atoms in total. The Balaban J connectivity index is 1.48. The smallest absolute Gasteiger partial charge is 0.407 e. The summed E-state index contributed by atoms with van der Waals surface area (Å²) in [7, 11) is 1.57. The molecule has 0 spiro atoms. The zero-order chi connectivity index (χ0) is 19.1. The lowest BCUT2D eigenvalue weighted by molar-refractivity contribution is 0.0920. The number of amides is 1. The fourth-order valence-electron chi connectivity index (χ4n) is 3.64. The number of rotatable bonds is 3. The second kappa shape index (κ2) is 6.75. The van der Waals surface area contributed by atoms with Gasteiger partial charge in [-0.15, -0.1) is 11.3 Å². The van der Waals surface area contributed by atoms with Crippen molar-refractivity contribution in [2.24, 2.45) is 0 Å². The van der Waals surface area contributed by atoms with Crippen LogP contribution in [-0.4, -0.2) is 39.4 Å². The minimum absolute atomic E-state index is 0.103. The van der Waals surface area contributed by atoms with Crippen LogP contribution < -0.4 is 10.6 Å². The molecule has 0 saturated carbocycles. The average Bonchev–Trinajstić information content (AvgIpc) is 3.31. The number of benzene rings is 1. The SMILES string of the molecule is CNC(=O)OC1CCc2c(sc3ncnc(Nc4ccc5[nH]ncc5c4)c23)C1. The highest BCUT2D eigenvalue weighted by molar-refractivity contribution is 7.19. The summed E-state index contributed by atoms with van der Waals surface area (Å²) in [5.74, 6) is 0.802. The summed E-state index contributed by atoms with van der Waals surface area (Å²) in [6.07, 6.45) is 5.24. The molecule has 4 aromatic rings. The molecule has 1 aromatic carbocycles. The molecule has 3 N–H and O–H groups in total. The lowest BCUT2D eigenvalue weighted by Gasteiger charge is -2.22. The first-order valence-electron chi connectivity index (χ1n) is 9.05. The minimum atomic E-state index is -0.383. The predicted molar refractivity (Wildman–Crippen MR) is 108 cm³/mol. The Morgan fingerprint density at radius 3 is 3.18 bits per heavy atom. The molecule has 5 rings (SSSR count). The number of anilines is 2. The van der Waals surface area contributed by atoms with E-state index in [9.17, 15) is 4.79 Å². The maximum absolute atomic E-state index is 11.5. The average molecular weight is 394 g/mol. The molecule has 142 valence electrons. The molecule has 0 fully saturated rings. The van der Waals surface area contributed by atoms with Gasteiger partial charge >= 0.3 is 6.09 Å². The summed E-state index contributed by atoms with van der Waals surface area (Å²) in [4.78, 5) is 22.7. The summed E-state index contributed by atoms with van der Waals surface area (Å²) in [6, 6.07) is 6.03. The quantitative estimate of drug-likeness (QED) is 0.491. The van der Waals surface area contributed by atoms with E-state index in [1.165, 1.54) is 10.4 Å². The minimum Gasteiger partial charge on any atom is -0.446 e. The highest BCUT2D eigenvalue weighted by Gasteiger charge is 2.27. The Morgan fingerprint density at radius 1 is 1.36 bits per heavy atom. The van der Waals surface area contributed by atoms with Crippen molar-refractivity contribution in [2.45, 2.75) is 25.4 Å². The Labute approximate surface area is 164 Å². The largest absolute Gasteiger partial charge is 0.446 e. The predicted octanol–water partition coefficient (Wildman–Crippen LogP) is 3.52. The van der Waals surface area contributed by atoms with E-state index >= 15 is 0 Å². The van der Waals surface area contributed by atoms with Crippen molar-refractivity contribution in [2.75, 3.05) is 12.4 Å². The number of aromatic nitrogens is 4. The molecule has 0 bridgehead atoms. The van der Waals surface area contributed by atoms with E-state index in [4.69, 9.17) is 4.74 Å². The summed E-state index contributed by atoms with van der Waals surface area (Å²) >= 11 is 1.65. The molecule has 0 saturated heterocycles. The van der Waals surface area contributed by atoms with Crippen LogP contribution in [0.5, 0.6) is 0 Å². The van der Waals surface area contributed by atoms with Crippen molar-refractivity contribution < 1.29 is 9.53 Å². The number of hydrogen-bond acceptors (Lipinski definition) is 7. The fourth-order valence-corrected chi connectivity index (χ4v) is 4.89. The first-order chi connectivity index (χ1) is 13.7. The van der Waals surface area contributed by atoms with Crippen LogP contribution in [0.1, 0.15) is 16.9 Å².